The van der Waals surface area contributed by atoms with E-state index in [2.05, 4.69) is 39.8 Å². The Kier molecular flexibility index (Phi) is 5.70. The number of nitrogens with zero attached hydrogens (tertiary/aromatic N) is 3. The highest BCUT2D eigenvalue weighted by Crippen LogP contribution is 2.16. The Labute approximate surface area is 117 Å². The van der Waals surface area contributed by atoms with E-state index in [1.54, 1.807) is 0 Å². The second-order valence-corrected chi connectivity index (χ2v) is 5.56. The van der Waals surface area contributed by atoms with Gasteiger partial charge in [0.25, 0.3) is 0 Å². The predicted molar refractivity (Wildman–Crippen MR) is 80.5 cm³/mol. The van der Waals surface area contributed by atoms with E-state index in [1.807, 2.05) is 6.20 Å². The van der Waals surface area contributed by atoms with Crippen LogP contribution in [0.1, 0.15) is 46.0 Å². The smallest absolute Gasteiger partial charge is 0.202 e. The van der Waals surface area contributed by atoms with Crippen molar-refractivity contribution < 1.29 is 0 Å². The third-order valence-corrected chi connectivity index (χ3v) is 3.93. The van der Waals surface area contributed by atoms with Crippen molar-refractivity contribution in [1.82, 2.24) is 14.5 Å². The summed E-state index contributed by atoms with van der Waals surface area (Å²) >= 11 is 0. The van der Waals surface area contributed by atoms with Gasteiger partial charge in [0.2, 0.25) is 5.95 Å². The van der Waals surface area contributed by atoms with E-state index in [-0.39, 0.29) is 0 Å². The fourth-order valence-corrected chi connectivity index (χ4v) is 2.76. The van der Waals surface area contributed by atoms with Crippen LogP contribution in [0.15, 0.2) is 12.4 Å². The number of imidazole rings is 1. The molecule has 0 saturated carbocycles. The first kappa shape index (κ1) is 14.4. The molecule has 19 heavy (non-hydrogen) atoms. The molecule has 4 nitrogen and oxygen atoms in total. The minimum atomic E-state index is 0.593. The normalized spacial score (nSPS) is 17.8. The van der Waals surface area contributed by atoms with E-state index >= 15 is 0 Å². The van der Waals surface area contributed by atoms with Crippen molar-refractivity contribution in [3.63, 3.8) is 0 Å². The highest BCUT2D eigenvalue weighted by atomic mass is 15.2. The van der Waals surface area contributed by atoms with E-state index < -0.39 is 0 Å². The number of rotatable bonds is 7. The molecule has 0 radical (unpaired) electrons. The highest BCUT2D eigenvalue weighted by Gasteiger charge is 2.19. The minimum absolute atomic E-state index is 0.593. The molecule has 2 heterocycles. The molecule has 4 heteroatoms. The zero-order chi connectivity index (χ0) is 13.5. The molecular weight excluding hydrogens is 236 g/mol. The van der Waals surface area contributed by atoms with E-state index in [0.717, 1.165) is 12.5 Å². The Balaban J connectivity index is 1.80. The summed E-state index contributed by atoms with van der Waals surface area (Å²) in [7, 11) is 0. The van der Waals surface area contributed by atoms with Gasteiger partial charge in [0.15, 0.2) is 0 Å². The summed E-state index contributed by atoms with van der Waals surface area (Å²) in [6.07, 6.45) is 10.2. The molecule has 0 aromatic carbocycles. The zero-order valence-electron chi connectivity index (χ0n) is 12.4. The van der Waals surface area contributed by atoms with Crippen LogP contribution in [-0.2, 0) is 6.54 Å². The van der Waals surface area contributed by atoms with E-state index in [1.165, 1.54) is 51.7 Å². The summed E-state index contributed by atoms with van der Waals surface area (Å²) in [4.78, 5) is 7.03. The average Bonchev–Trinajstić information content (AvgIpc) is 2.86. The van der Waals surface area contributed by atoms with Crippen molar-refractivity contribution in [3.05, 3.63) is 12.4 Å². The van der Waals surface area contributed by atoms with Gasteiger partial charge in [-0.1, -0.05) is 20.3 Å². The van der Waals surface area contributed by atoms with Crippen LogP contribution in [0, 0.1) is 0 Å². The van der Waals surface area contributed by atoms with Gasteiger partial charge in [-0.3, -0.25) is 0 Å². The summed E-state index contributed by atoms with van der Waals surface area (Å²) in [5, 5.41) is 3.63. The number of nitrogens with one attached hydrogen (secondary N) is 1. The second-order valence-electron chi connectivity index (χ2n) is 5.56. The first-order valence-corrected chi connectivity index (χ1v) is 7.83. The molecule has 1 saturated heterocycles. The van der Waals surface area contributed by atoms with Gasteiger partial charge in [-0.25, -0.2) is 4.98 Å². The molecule has 0 atom stereocenters. The van der Waals surface area contributed by atoms with Gasteiger partial charge in [-0.15, -0.1) is 0 Å². The first-order valence-electron chi connectivity index (χ1n) is 7.83. The molecule has 0 amide bonds. The Hall–Kier alpha value is -1.03. The maximum absolute atomic E-state index is 4.46. The standard InChI is InChI=1S/C15H28N4/c1-3-5-10-19-13-8-16-15(19)17-14-6-11-18(9-4-2)12-7-14/h8,13-14H,3-7,9-12H2,1-2H3,(H,16,17). The molecule has 0 spiro atoms. The third kappa shape index (κ3) is 4.23. The van der Waals surface area contributed by atoms with Crippen LogP contribution in [0.4, 0.5) is 5.95 Å². The fourth-order valence-electron chi connectivity index (χ4n) is 2.76. The lowest BCUT2D eigenvalue weighted by molar-refractivity contribution is 0.219. The van der Waals surface area contributed by atoms with Crippen molar-refractivity contribution in [2.24, 2.45) is 0 Å². The second kappa shape index (κ2) is 7.53. The lowest BCUT2D eigenvalue weighted by atomic mass is 10.1. The maximum atomic E-state index is 4.46. The Morgan fingerprint density at radius 2 is 2.00 bits per heavy atom. The van der Waals surface area contributed by atoms with Crippen LogP contribution in [0.2, 0.25) is 0 Å². The molecule has 0 aliphatic carbocycles. The fraction of sp³-hybridized carbons (Fsp3) is 0.800. The zero-order valence-corrected chi connectivity index (χ0v) is 12.4. The van der Waals surface area contributed by atoms with E-state index in [0.29, 0.717) is 6.04 Å². The van der Waals surface area contributed by atoms with Gasteiger partial charge in [0.1, 0.15) is 0 Å². The number of unbranched alkanes of at least 4 members (excludes halogenated alkanes) is 1. The molecule has 108 valence electrons. The lowest BCUT2D eigenvalue weighted by Crippen LogP contribution is -2.39. The van der Waals surface area contributed by atoms with Crippen molar-refractivity contribution in [2.75, 3.05) is 25.0 Å². The molecule has 1 aromatic heterocycles. The SMILES string of the molecule is CCCCn1ccnc1NC1CCN(CCC)CC1. The number of likely N-dealkylation sites (tertiary alicyclic amines) is 1. The van der Waals surface area contributed by atoms with E-state index in [9.17, 15) is 0 Å². The van der Waals surface area contributed by atoms with Crippen LogP contribution >= 0.6 is 0 Å². The average molecular weight is 264 g/mol. The van der Waals surface area contributed by atoms with Crippen molar-refractivity contribution in [2.45, 2.75) is 58.5 Å². The molecule has 0 unspecified atom stereocenters. The molecule has 1 N–H and O–H groups in total. The van der Waals surface area contributed by atoms with Crippen LogP contribution in [-0.4, -0.2) is 40.1 Å². The monoisotopic (exact) mass is 264 g/mol. The van der Waals surface area contributed by atoms with Crippen molar-refractivity contribution in [3.8, 4) is 0 Å². The lowest BCUT2D eigenvalue weighted by Gasteiger charge is -2.32. The summed E-state index contributed by atoms with van der Waals surface area (Å²) in [6, 6.07) is 0.593. The number of hydrogen-bond donors (Lipinski definition) is 1. The van der Waals surface area contributed by atoms with Crippen LogP contribution in [0.5, 0.6) is 0 Å². The molecule has 1 aliphatic rings. The number of aromatic nitrogens is 2. The number of piperidine rings is 1. The molecule has 0 bridgehead atoms. The van der Waals surface area contributed by atoms with Crippen molar-refractivity contribution >= 4 is 5.95 Å². The molecule has 1 aliphatic heterocycles. The van der Waals surface area contributed by atoms with E-state index in [4.69, 9.17) is 0 Å². The number of anilines is 1. The molecule has 1 aromatic rings. The highest BCUT2D eigenvalue weighted by molar-refractivity contribution is 5.27. The third-order valence-electron chi connectivity index (χ3n) is 3.93. The largest absolute Gasteiger partial charge is 0.353 e. The quantitative estimate of drug-likeness (QED) is 0.822. The minimum Gasteiger partial charge on any atom is -0.353 e. The first-order chi connectivity index (χ1) is 9.33. The molecule has 1 fully saturated rings. The maximum Gasteiger partial charge on any atom is 0.202 e. The van der Waals surface area contributed by atoms with Gasteiger partial charge >= 0.3 is 0 Å². The Morgan fingerprint density at radius 1 is 1.21 bits per heavy atom. The summed E-state index contributed by atoms with van der Waals surface area (Å²) in [5.74, 6) is 1.06. The Morgan fingerprint density at radius 3 is 2.68 bits per heavy atom. The predicted octanol–water partition coefficient (Wildman–Crippen LogP) is 2.97. The van der Waals surface area contributed by atoms with Gasteiger partial charge in [-0.2, -0.15) is 0 Å². The number of aryl methyl sites for hydroxylation is 1. The van der Waals surface area contributed by atoms with Crippen molar-refractivity contribution in [1.29, 1.82) is 0 Å². The van der Waals surface area contributed by atoms with Crippen LogP contribution in [0.25, 0.3) is 0 Å². The molecule has 2 rings (SSSR count). The topological polar surface area (TPSA) is 33.1 Å². The van der Waals surface area contributed by atoms with Gasteiger partial charge in [-0.05, 0) is 32.2 Å². The summed E-state index contributed by atoms with van der Waals surface area (Å²) in [6.45, 7) is 9.26. The Bertz CT molecular complexity index is 353. The van der Waals surface area contributed by atoms with Gasteiger partial charge < -0.3 is 14.8 Å². The van der Waals surface area contributed by atoms with Crippen LogP contribution < -0.4 is 5.32 Å². The number of hydrogen-bond acceptors (Lipinski definition) is 3. The van der Waals surface area contributed by atoms with Crippen LogP contribution in [0.3, 0.4) is 0 Å². The summed E-state index contributed by atoms with van der Waals surface area (Å²) in [5.41, 5.74) is 0. The van der Waals surface area contributed by atoms with Gasteiger partial charge in [0.05, 0.1) is 0 Å². The van der Waals surface area contributed by atoms with Gasteiger partial charge in [0, 0.05) is 38.1 Å². The summed E-state index contributed by atoms with van der Waals surface area (Å²) < 4.78 is 2.25. The molecular formula is C15H28N4.